The van der Waals surface area contributed by atoms with Gasteiger partial charge in [0, 0.05) is 35.4 Å². The van der Waals surface area contributed by atoms with Gasteiger partial charge in [-0.3, -0.25) is 9.67 Å². The molecule has 4 aromatic rings. The van der Waals surface area contributed by atoms with Gasteiger partial charge in [-0.2, -0.15) is 5.10 Å². The number of nitrogens with one attached hydrogen (secondary N) is 1. The van der Waals surface area contributed by atoms with Crippen LogP contribution >= 0.6 is 0 Å². The summed E-state index contributed by atoms with van der Waals surface area (Å²) in [6, 6.07) is 11.8. The summed E-state index contributed by atoms with van der Waals surface area (Å²) in [6.07, 6.45) is 6.65. The van der Waals surface area contributed by atoms with Gasteiger partial charge < -0.3 is 4.98 Å². The van der Waals surface area contributed by atoms with Crippen LogP contribution in [0.1, 0.15) is 18.2 Å². The molecule has 1 N–H and O–H groups in total. The summed E-state index contributed by atoms with van der Waals surface area (Å²) in [7, 11) is 0. The maximum absolute atomic E-state index is 13.6. The van der Waals surface area contributed by atoms with E-state index in [-0.39, 0.29) is 5.82 Å². The van der Waals surface area contributed by atoms with Crippen LogP contribution in [0.5, 0.6) is 0 Å². The maximum Gasteiger partial charge on any atom is 0.142 e. The molecule has 0 amide bonds. The molecule has 0 spiro atoms. The topological polar surface area (TPSA) is 46.5 Å². The first-order chi connectivity index (χ1) is 12.2. The van der Waals surface area contributed by atoms with E-state index < -0.39 is 0 Å². The van der Waals surface area contributed by atoms with Gasteiger partial charge in [-0.15, -0.1) is 0 Å². The highest BCUT2D eigenvalue weighted by Gasteiger charge is 2.11. The SMILES string of the molecule is CCc1cc(-c2cncc(F)c2)n(CCc2c[nH]c3ccccc23)n1. The van der Waals surface area contributed by atoms with E-state index in [0.717, 1.165) is 41.9 Å². The quantitative estimate of drug-likeness (QED) is 0.589. The van der Waals surface area contributed by atoms with Crippen LogP contribution in [0.15, 0.2) is 55.0 Å². The van der Waals surface area contributed by atoms with Crippen molar-refractivity contribution >= 4 is 10.9 Å². The number of hydrogen-bond donors (Lipinski definition) is 1. The number of nitrogens with zero attached hydrogens (tertiary/aromatic N) is 3. The smallest absolute Gasteiger partial charge is 0.142 e. The van der Waals surface area contributed by atoms with Crippen LogP contribution in [-0.4, -0.2) is 19.7 Å². The van der Waals surface area contributed by atoms with Crippen molar-refractivity contribution in [2.75, 3.05) is 0 Å². The molecule has 0 unspecified atom stereocenters. The molecule has 25 heavy (non-hydrogen) atoms. The zero-order chi connectivity index (χ0) is 17.2. The zero-order valence-corrected chi connectivity index (χ0v) is 14.0. The molecule has 1 aromatic carbocycles. The van der Waals surface area contributed by atoms with Gasteiger partial charge in [0.05, 0.1) is 17.6 Å². The number of fused-ring (bicyclic) bond motifs is 1. The average molecular weight is 334 g/mol. The summed E-state index contributed by atoms with van der Waals surface area (Å²) < 4.78 is 15.5. The van der Waals surface area contributed by atoms with Crippen LogP contribution in [0.3, 0.4) is 0 Å². The van der Waals surface area contributed by atoms with Crippen molar-refractivity contribution in [3.8, 4) is 11.3 Å². The fourth-order valence-electron chi connectivity index (χ4n) is 3.16. The monoisotopic (exact) mass is 334 g/mol. The molecule has 4 nitrogen and oxygen atoms in total. The van der Waals surface area contributed by atoms with Gasteiger partial charge in [-0.05, 0) is 36.6 Å². The summed E-state index contributed by atoms with van der Waals surface area (Å²) in [4.78, 5) is 7.27. The maximum atomic E-state index is 13.6. The molecule has 0 aliphatic heterocycles. The number of halogens is 1. The minimum Gasteiger partial charge on any atom is -0.361 e. The second kappa shape index (κ2) is 6.51. The van der Waals surface area contributed by atoms with Gasteiger partial charge in [0.2, 0.25) is 0 Å². The lowest BCUT2D eigenvalue weighted by atomic mass is 10.1. The van der Waals surface area contributed by atoms with E-state index in [1.807, 2.05) is 22.9 Å². The van der Waals surface area contributed by atoms with E-state index in [1.54, 1.807) is 6.20 Å². The predicted octanol–water partition coefficient (Wildman–Crippen LogP) is 4.37. The lowest BCUT2D eigenvalue weighted by Gasteiger charge is -2.07. The standard InChI is InChI=1S/C20H19FN4/c1-2-17-10-20(15-9-16(21)13-22-11-15)25(24-17)8-7-14-12-23-19-6-4-3-5-18(14)19/h3-6,9-13,23H,2,7-8H2,1H3. The molecule has 0 radical (unpaired) electrons. The number of rotatable bonds is 5. The van der Waals surface area contributed by atoms with Crippen molar-refractivity contribution in [2.45, 2.75) is 26.3 Å². The van der Waals surface area contributed by atoms with Gasteiger partial charge >= 0.3 is 0 Å². The first-order valence-electron chi connectivity index (χ1n) is 8.47. The molecule has 126 valence electrons. The Kier molecular flexibility index (Phi) is 4.06. The molecule has 0 aliphatic carbocycles. The van der Waals surface area contributed by atoms with Gasteiger partial charge in [0.1, 0.15) is 5.82 Å². The molecule has 4 rings (SSSR count). The van der Waals surface area contributed by atoms with Crippen LogP contribution in [0.2, 0.25) is 0 Å². The van der Waals surface area contributed by atoms with E-state index >= 15 is 0 Å². The highest BCUT2D eigenvalue weighted by molar-refractivity contribution is 5.83. The Balaban J connectivity index is 1.65. The summed E-state index contributed by atoms with van der Waals surface area (Å²) in [5, 5.41) is 5.91. The van der Waals surface area contributed by atoms with Crippen molar-refractivity contribution in [1.29, 1.82) is 0 Å². The van der Waals surface area contributed by atoms with Crippen molar-refractivity contribution < 1.29 is 4.39 Å². The van der Waals surface area contributed by atoms with Crippen molar-refractivity contribution in [1.82, 2.24) is 19.7 Å². The normalized spacial score (nSPS) is 11.3. The Morgan fingerprint density at radius 2 is 2.04 bits per heavy atom. The largest absolute Gasteiger partial charge is 0.361 e. The fraction of sp³-hybridized carbons (Fsp3) is 0.200. The number of H-pyrrole nitrogens is 1. The number of benzene rings is 1. The van der Waals surface area contributed by atoms with E-state index in [4.69, 9.17) is 0 Å². The summed E-state index contributed by atoms with van der Waals surface area (Å²) in [5.41, 5.74) is 5.06. The second-order valence-corrected chi connectivity index (χ2v) is 6.10. The van der Waals surface area contributed by atoms with Crippen molar-refractivity contribution in [3.63, 3.8) is 0 Å². The Morgan fingerprint density at radius 3 is 2.88 bits per heavy atom. The number of pyridine rings is 1. The van der Waals surface area contributed by atoms with Gasteiger partial charge in [-0.25, -0.2) is 4.39 Å². The van der Waals surface area contributed by atoms with E-state index in [1.165, 1.54) is 23.2 Å². The molecule has 0 fully saturated rings. The third-order valence-corrected chi connectivity index (χ3v) is 4.46. The molecule has 0 atom stereocenters. The molecule has 3 heterocycles. The van der Waals surface area contributed by atoms with Crippen LogP contribution in [0, 0.1) is 5.82 Å². The number of aromatic amines is 1. The molecule has 5 heteroatoms. The van der Waals surface area contributed by atoms with Gasteiger partial charge in [-0.1, -0.05) is 25.1 Å². The molecule has 0 bridgehead atoms. The molecule has 0 saturated carbocycles. The second-order valence-electron chi connectivity index (χ2n) is 6.10. The molecular weight excluding hydrogens is 315 g/mol. The third-order valence-electron chi connectivity index (χ3n) is 4.46. The summed E-state index contributed by atoms with van der Waals surface area (Å²) in [6.45, 7) is 2.80. The number of para-hydroxylation sites is 1. The Labute approximate surface area is 145 Å². The highest BCUT2D eigenvalue weighted by atomic mass is 19.1. The highest BCUT2D eigenvalue weighted by Crippen LogP contribution is 2.23. The van der Waals surface area contributed by atoms with Crippen LogP contribution in [-0.2, 0) is 19.4 Å². The summed E-state index contributed by atoms with van der Waals surface area (Å²) >= 11 is 0. The lowest BCUT2D eigenvalue weighted by molar-refractivity contribution is 0.609. The Hall–Kier alpha value is -2.95. The van der Waals surface area contributed by atoms with Gasteiger partial charge in [0.15, 0.2) is 0 Å². The Morgan fingerprint density at radius 1 is 1.16 bits per heavy atom. The molecule has 0 saturated heterocycles. The minimum absolute atomic E-state index is 0.333. The average Bonchev–Trinajstić information content (AvgIpc) is 3.24. The van der Waals surface area contributed by atoms with Crippen LogP contribution in [0.25, 0.3) is 22.2 Å². The fourth-order valence-corrected chi connectivity index (χ4v) is 3.16. The number of hydrogen-bond acceptors (Lipinski definition) is 2. The van der Waals surface area contributed by atoms with E-state index in [0.29, 0.717) is 0 Å². The van der Waals surface area contributed by atoms with Gasteiger partial charge in [0.25, 0.3) is 0 Å². The summed E-state index contributed by atoms with van der Waals surface area (Å²) in [5.74, 6) is -0.333. The Bertz CT molecular complexity index is 1020. The number of aryl methyl sites for hydroxylation is 3. The van der Waals surface area contributed by atoms with E-state index in [9.17, 15) is 4.39 Å². The van der Waals surface area contributed by atoms with Crippen molar-refractivity contribution in [3.05, 3.63) is 72.1 Å². The van der Waals surface area contributed by atoms with Crippen LogP contribution < -0.4 is 0 Å². The first kappa shape index (κ1) is 15.6. The molecule has 0 aliphatic rings. The van der Waals surface area contributed by atoms with Crippen molar-refractivity contribution in [2.24, 2.45) is 0 Å². The lowest BCUT2D eigenvalue weighted by Crippen LogP contribution is -2.05. The predicted molar refractivity (Wildman–Crippen MR) is 96.8 cm³/mol. The third kappa shape index (κ3) is 3.05. The zero-order valence-electron chi connectivity index (χ0n) is 14.0. The van der Waals surface area contributed by atoms with E-state index in [2.05, 4.69) is 40.3 Å². The first-order valence-corrected chi connectivity index (χ1v) is 8.47. The van der Waals surface area contributed by atoms with Crippen LogP contribution in [0.4, 0.5) is 4.39 Å². The minimum atomic E-state index is -0.333. The molecule has 3 aromatic heterocycles. The number of aromatic nitrogens is 4. The molecular formula is C20H19FN4.